The first-order valence-corrected chi connectivity index (χ1v) is 6.96. The number of halogens is 4. The van der Waals surface area contributed by atoms with E-state index in [4.69, 9.17) is 0 Å². The summed E-state index contributed by atoms with van der Waals surface area (Å²) in [5.74, 6) is -0.427. The summed E-state index contributed by atoms with van der Waals surface area (Å²) in [4.78, 5) is 3.93. The number of benzene rings is 1. The van der Waals surface area contributed by atoms with Crippen LogP contribution in [-0.4, -0.2) is 18.9 Å². The fraction of sp³-hybridized carbons (Fsp3) is 0.100. The molecule has 2 rings (SSSR count). The molecule has 0 saturated heterocycles. The molecule has 0 saturated carbocycles. The van der Waals surface area contributed by atoms with Gasteiger partial charge in [0.25, 0.3) is 0 Å². The molecular formula is C10H5BrF3NO3S. The Kier molecular flexibility index (Phi) is 3.43. The molecule has 1 heterocycles. The Morgan fingerprint density at radius 1 is 1.21 bits per heavy atom. The minimum Gasteiger partial charge on any atom is -0.375 e. The van der Waals surface area contributed by atoms with Gasteiger partial charge in [-0.25, -0.2) is 0 Å². The van der Waals surface area contributed by atoms with Crippen molar-refractivity contribution in [2.24, 2.45) is 0 Å². The molecule has 2 aromatic rings. The second-order valence-electron chi connectivity index (χ2n) is 3.43. The summed E-state index contributed by atoms with van der Waals surface area (Å²) < 4.78 is 63.4. The van der Waals surface area contributed by atoms with E-state index in [2.05, 4.69) is 25.1 Å². The largest absolute Gasteiger partial charge is 0.534 e. The lowest BCUT2D eigenvalue weighted by molar-refractivity contribution is -0.0499. The number of nitrogens with zero attached hydrogens (tertiary/aromatic N) is 1. The van der Waals surface area contributed by atoms with E-state index in [1.54, 1.807) is 6.07 Å². The van der Waals surface area contributed by atoms with Gasteiger partial charge in [0, 0.05) is 22.1 Å². The smallest absolute Gasteiger partial charge is 0.375 e. The van der Waals surface area contributed by atoms with Crippen molar-refractivity contribution >= 4 is 37.0 Å². The molecule has 0 amide bonds. The van der Waals surface area contributed by atoms with E-state index >= 15 is 0 Å². The molecule has 0 aliphatic carbocycles. The molecule has 19 heavy (non-hydrogen) atoms. The lowest BCUT2D eigenvalue weighted by Gasteiger charge is -2.11. The van der Waals surface area contributed by atoms with Crippen molar-refractivity contribution in [2.75, 3.05) is 0 Å². The van der Waals surface area contributed by atoms with E-state index < -0.39 is 21.4 Å². The van der Waals surface area contributed by atoms with Crippen LogP contribution in [0.1, 0.15) is 0 Å². The normalized spacial score (nSPS) is 12.6. The monoisotopic (exact) mass is 355 g/mol. The summed E-state index contributed by atoms with van der Waals surface area (Å²) >= 11 is 3.16. The van der Waals surface area contributed by atoms with Crippen LogP contribution in [0.3, 0.4) is 0 Å². The number of hydrogen-bond donors (Lipinski definition) is 0. The molecule has 0 atom stereocenters. The summed E-state index contributed by atoms with van der Waals surface area (Å²) in [7, 11) is -5.70. The van der Waals surface area contributed by atoms with Crippen molar-refractivity contribution in [3.8, 4) is 5.75 Å². The Morgan fingerprint density at radius 3 is 2.53 bits per heavy atom. The lowest BCUT2D eigenvalue weighted by atomic mass is 10.2. The van der Waals surface area contributed by atoms with Gasteiger partial charge in [-0.1, -0.05) is 6.07 Å². The number of aromatic nitrogens is 1. The number of hydrogen-bond acceptors (Lipinski definition) is 4. The Morgan fingerprint density at radius 2 is 1.89 bits per heavy atom. The highest BCUT2D eigenvalue weighted by Crippen LogP contribution is 2.33. The lowest BCUT2D eigenvalue weighted by Crippen LogP contribution is -2.28. The van der Waals surface area contributed by atoms with E-state index in [0.29, 0.717) is 9.99 Å². The summed E-state index contributed by atoms with van der Waals surface area (Å²) in [6.45, 7) is 0. The Labute approximate surface area is 114 Å². The van der Waals surface area contributed by atoms with Crippen LogP contribution in [0.4, 0.5) is 13.2 Å². The molecule has 0 N–H and O–H groups in total. The van der Waals surface area contributed by atoms with Crippen LogP contribution in [-0.2, 0) is 10.1 Å². The fourth-order valence-corrected chi connectivity index (χ4v) is 2.30. The van der Waals surface area contributed by atoms with Gasteiger partial charge in [-0.3, -0.25) is 4.98 Å². The van der Waals surface area contributed by atoms with Crippen molar-refractivity contribution in [3.63, 3.8) is 0 Å². The van der Waals surface area contributed by atoms with Crippen LogP contribution in [0.15, 0.2) is 34.9 Å². The SMILES string of the molecule is O=S(=O)(Oc1ccnc2c(Br)cccc12)C(F)(F)F. The van der Waals surface area contributed by atoms with Gasteiger partial charge in [-0.15, -0.1) is 0 Å². The quantitative estimate of drug-likeness (QED) is 0.613. The van der Waals surface area contributed by atoms with Gasteiger partial charge in [0.2, 0.25) is 0 Å². The molecule has 1 aromatic carbocycles. The number of rotatable bonds is 2. The molecule has 102 valence electrons. The molecule has 0 spiro atoms. The number of pyridine rings is 1. The first-order valence-electron chi connectivity index (χ1n) is 4.76. The summed E-state index contributed by atoms with van der Waals surface area (Å²) in [5.41, 5.74) is -5.17. The third kappa shape index (κ3) is 2.66. The molecular weight excluding hydrogens is 351 g/mol. The maximum absolute atomic E-state index is 12.3. The molecule has 1 aromatic heterocycles. The predicted molar refractivity (Wildman–Crippen MR) is 65.0 cm³/mol. The zero-order chi connectivity index (χ0) is 14.3. The van der Waals surface area contributed by atoms with Gasteiger partial charge in [0.15, 0.2) is 5.75 Å². The zero-order valence-corrected chi connectivity index (χ0v) is 11.4. The van der Waals surface area contributed by atoms with Crippen molar-refractivity contribution in [2.45, 2.75) is 5.51 Å². The summed E-state index contributed by atoms with van der Waals surface area (Å²) in [6, 6.07) is 5.62. The maximum Gasteiger partial charge on any atom is 0.534 e. The molecule has 4 nitrogen and oxygen atoms in total. The van der Waals surface area contributed by atoms with Crippen LogP contribution in [0.25, 0.3) is 10.9 Å². The van der Waals surface area contributed by atoms with Crippen molar-refractivity contribution in [3.05, 3.63) is 34.9 Å². The number of alkyl halides is 3. The third-order valence-electron chi connectivity index (χ3n) is 2.16. The van der Waals surface area contributed by atoms with Gasteiger partial charge in [0.1, 0.15) is 0 Å². The van der Waals surface area contributed by atoms with Crippen molar-refractivity contribution in [1.29, 1.82) is 0 Å². The highest BCUT2D eigenvalue weighted by molar-refractivity contribution is 9.10. The first kappa shape index (κ1) is 14.1. The molecule has 0 aliphatic heterocycles. The number of para-hydroxylation sites is 1. The van der Waals surface area contributed by atoms with Gasteiger partial charge >= 0.3 is 15.6 Å². The molecule has 0 bridgehead atoms. The molecule has 0 fully saturated rings. The minimum atomic E-state index is -5.70. The average Bonchev–Trinajstić information content (AvgIpc) is 2.28. The highest BCUT2D eigenvalue weighted by atomic mass is 79.9. The van der Waals surface area contributed by atoms with Crippen molar-refractivity contribution < 1.29 is 25.8 Å². The minimum absolute atomic E-state index is 0.157. The topological polar surface area (TPSA) is 56.3 Å². The zero-order valence-electron chi connectivity index (χ0n) is 8.98. The van der Waals surface area contributed by atoms with Gasteiger partial charge in [-0.2, -0.15) is 21.6 Å². The summed E-state index contributed by atoms with van der Waals surface area (Å²) in [6.07, 6.45) is 1.16. The molecule has 0 radical (unpaired) electrons. The second-order valence-corrected chi connectivity index (χ2v) is 5.82. The standard InChI is InChI=1S/C10H5BrF3NO3S/c11-7-3-1-2-6-8(4-5-15-9(6)7)18-19(16,17)10(12,13)14/h1-5H. The Bertz CT molecular complexity index is 730. The Hall–Kier alpha value is -1.35. The average molecular weight is 356 g/mol. The second kappa shape index (κ2) is 4.64. The van der Waals surface area contributed by atoms with Crippen LogP contribution in [0.2, 0.25) is 0 Å². The van der Waals surface area contributed by atoms with Crippen molar-refractivity contribution in [1.82, 2.24) is 4.98 Å². The summed E-state index contributed by atoms with van der Waals surface area (Å²) in [5, 5.41) is 0.157. The van der Waals surface area contributed by atoms with E-state index in [1.807, 2.05) is 0 Å². The predicted octanol–water partition coefficient (Wildman–Crippen LogP) is 3.23. The first-order chi connectivity index (χ1) is 8.72. The molecule has 0 unspecified atom stereocenters. The van der Waals surface area contributed by atoms with E-state index in [1.165, 1.54) is 12.1 Å². The van der Waals surface area contributed by atoms with Gasteiger partial charge in [0.05, 0.1) is 5.52 Å². The Balaban J connectivity index is 2.57. The molecule has 9 heteroatoms. The van der Waals surface area contributed by atoms with E-state index in [0.717, 1.165) is 12.3 Å². The van der Waals surface area contributed by atoms with E-state index in [9.17, 15) is 21.6 Å². The maximum atomic E-state index is 12.3. The van der Waals surface area contributed by atoms with Crippen LogP contribution < -0.4 is 4.18 Å². The van der Waals surface area contributed by atoms with Crippen LogP contribution >= 0.6 is 15.9 Å². The fourth-order valence-electron chi connectivity index (χ4n) is 1.35. The third-order valence-corrected chi connectivity index (χ3v) is 3.77. The number of fused-ring (bicyclic) bond motifs is 1. The van der Waals surface area contributed by atoms with Gasteiger partial charge < -0.3 is 4.18 Å². The van der Waals surface area contributed by atoms with E-state index in [-0.39, 0.29) is 5.39 Å². The van der Waals surface area contributed by atoms with Crippen LogP contribution in [0, 0.1) is 0 Å². The van der Waals surface area contributed by atoms with Gasteiger partial charge in [-0.05, 0) is 28.1 Å². The highest BCUT2D eigenvalue weighted by Gasteiger charge is 2.48. The van der Waals surface area contributed by atoms with Crippen LogP contribution in [0.5, 0.6) is 5.75 Å². The molecule has 0 aliphatic rings.